The topological polar surface area (TPSA) is 66.4 Å². The molecule has 0 aliphatic carbocycles. The summed E-state index contributed by atoms with van der Waals surface area (Å²) in [5, 5.41) is 9.07. The molecule has 0 aromatic heterocycles. The molecule has 0 saturated carbocycles. The third kappa shape index (κ3) is 4.40. The monoisotopic (exact) mass is 377 g/mol. The van der Waals surface area contributed by atoms with E-state index in [9.17, 15) is 13.5 Å². The SMILES string of the molecule is CSC(CO)C(C)NS(=O)(=O)c1c(Cl)cc(Cl)cc1Cl. The van der Waals surface area contributed by atoms with Gasteiger partial charge in [0.1, 0.15) is 4.90 Å². The number of sulfonamides is 1. The molecule has 2 unspecified atom stereocenters. The molecule has 1 rings (SSSR count). The number of thioether (sulfide) groups is 1. The molecular weight excluding hydrogens is 365 g/mol. The zero-order valence-electron chi connectivity index (χ0n) is 10.7. The Morgan fingerprint density at radius 3 is 2.20 bits per heavy atom. The summed E-state index contributed by atoms with van der Waals surface area (Å²) in [5.41, 5.74) is 0. The van der Waals surface area contributed by atoms with Crippen LogP contribution in [0.3, 0.4) is 0 Å². The van der Waals surface area contributed by atoms with Gasteiger partial charge in [0, 0.05) is 16.3 Å². The second-order valence-electron chi connectivity index (χ2n) is 4.07. The lowest BCUT2D eigenvalue weighted by Crippen LogP contribution is -2.41. The van der Waals surface area contributed by atoms with Gasteiger partial charge in [0.2, 0.25) is 10.0 Å². The molecule has 114 valence electrons. The highest BCUT2D eigenvalue weighted by Gasteiger charge is 2.27. The van der Waals surface area contributed by atoms with Gasteiger partial charge in [0.05, 0.1) is 16.7 Å². The zero-order chi connectivity index (χ0) is 15.5. The summed E-state index contributed by atoms with van der Waals surface area (Å²) in [6, 6.07) is 2.14. The van der Waals surface area contributed by atoms with Crippen LogP contribution >= 0.6 is 46.6 Å². The fourth-order valence-corrected chi connectivity index (χ4v) is 5.14. The number of hydrogen-bond donors (Lipinski definition) is 2. The minimum atomic E-state index is -3.90. The van der Waals surface area contributed by atoms with E-state index in [4.69, 9.17) is 34.8 Å². The number of benzene rings is 1. The average Bonchev–Trinajstić information content (AvgIpc) is 2.27. The van der Waals surface area contributed by atoms with Crippen molar-refractivity contribution in [3.8, 4) is 0 Å². The quantitative estimate of drug-likeness (QED) is 0.798. The fourth-order valence-electron chi connectivity index (χ4n) is 1.60. The molecule has 0 saturated heterocycles. The molecule has 0 aliphatic heterocycles. The lowest BCUT2D eigenvalue weighted by molar-refractivity contribution is 0.282. The Morgan fingerprint density at radius 2 is 1.80 bits per heavy atom. The van der Waals surface area contributed by atoms with Crippen LogP contribution in [0.4, 0.5) is 0 Å². The van der Waals surface area contributed by atoms with Crippen molar-refractivity contribution in [1.82, 2.24) is 4.72 Å². The van der Waals surface area contributed by atoms with Crippen LogP contribution in [-0.2, 0) is 10.0 Å². The molecule has 2 atom stereocenters. The van der Waals surface area contributed by atoms with Crippen molar-refractivity contribution in [2.24, 2.45) is 0 Å². The molecule has 1 aromatic carbocycles. The Hall–Kier alpha value is 0.310. The number of nitrogens with one attached hydrogen (secondary N) is 1. The van der Waals surface area contributed by atoms with Gasteiger partial charge in [-0.25, -0.2) is 13.1 Å². The highest BCUT2D eigenvalue weighted by molar-refractivity contribution is 7.99. The largest absolute Gasteiger partial charge is 0.395 e. The molecule has 0 amide bonds. The van der Waals surface area contributed by atoms with Gasteiger partial charge in [-0.15, -0.1) is 0 Å². The first-order chi connectivity index (χ1) is 9.22. The summed E-state index contributed by atoms with van der Waals surface area (Å²) >= 11 is 18.9. The van der Waals surface area contributed by atoms with E-state index in [2.05, 4.69) is 4.72 Å². The summed E-state index contributed by atoms with van der Waals surface area (Å²) in [4.78, 5) is -0.213. The number of halogens is 3. The van der Waals surface area contributed by atoms with Crippen LogP contribution < -0.4 is 4.72 Å². The molecule has 4 nitrogen and oxygen atoms in total. The van der Waals surface area contributed by atoms with Crippen LogP contribution in [0.1, 0.15) is 6.92 Å². The highest BCUT2D eigenvalue weighted by atomic mass is 35.5. The standard InChI is InChI=1S/C11H14Cl3NO3S2/c1-6(10(5-16)19-2)15-20(17,18)11-8(13)3-7(12)4-9(11)14/h3-4,6,10,15-16H,5H2,1-2H3. The molecule has 9 heteroatoms. The molecule has 0 heterocycles. The van der Waals surface area contributed by atoms with Crippen molar-refractivity contribution in [1.29, 1.82) is 0 Å². The third-order valence-corrected chi connectivity index (χ3v) is 6.47. The molecule has 0 bridgehead atoms. The first-order valence-electron chi connectivity index (χ1n) is 5.53. The predicted molar refractivity (Wildman–Crippen MR) is 85.6 cm³/mol. The van der Waals surface area contributed by atoms with Gasteiger partial charge >= 0.3 is 0 Å². The van der Waals surface area contributed by atoms with Crippen LogP contribution in [0.25, 0.3) is 0 Å². The van der Waals surface area contributed by atoms with Crippen molar-refractivity contribution < 1.29 is 13.5 Å². The van der Waals surface area contributed by atoms with Crippen molar-refractivity contribution in [3.05, 3.63) is 27.2 Å². The lowest BCUT2D eigenvalue weighted by atomic mass is 10.3. The zero-order valence-corrected chi connectivity index (χ0v) is 14.6. The Balaban J connectivity index is 3.12. The highest BCUT2D eigenvalue weighted by Crippen LogP contribution is 2.32. The maximum atomic E-state index is 12.3. The van der Waals surface area contributed by atoms with Crippen molar-refractivity contribution in [2.75, 3.05) is 12.9 Å². The van der Waals surface area contributed by atoms with Crippen molar-refractivity contribution in [3.63, 3.8) is 0 Å². The number of aliphatic hydroxyl groups excluding tert-OH is 1. The molecule has 1 aromatic rings. The molecule has 0 fully saturated rings. The fraction of sp³-hybridized carbons (Fsp3) is 0.455. The van der Waals surface area contributed by atoms with Gasteiger partial charge in [-0.1, -0.05) is 34.8 Å². The minimum Gasteiger partial charge on any atom is -0.395 e. The van der Waals surface area contributed by atoms with Crippen LogP contribution in [0.2, 0.25) is 15.1 Å². The molecule has 0 aliphatic rings. The predicted octanol–water partition coefficient (Wildman–Crippen LogP) is 3.04. The summed E-state index contributed by atoms with van der Waals surface area (Å²) in [6.07, 6.45) is 1.79. The van der Waals surface area contributed by atoms with E-state index < -0.39 is 16.1 Å². The summed E-state index contributed by atoms with van der Waals surface area (Å²) < 4.78 is 27.1. The normalized spacial score (nSPS) is 15.1. The maximum absolute atomic E-state index is 12.3. The molecule has 2 N–H and O–H groups in total. The number of hydrogen-bond acceptors (Lipinski definition) is 4. The first-order valence-corrected chi connectivity index (χ1v) is 9.44. The molecule has 0 radical (unpaired) electrons. The molecular formula is C11H14Cl3NO3S2. The van der Waals surface area contributed by atoms with Crippen molar-refractivity contribution in [2.45, 2.75) is 23.1 Å². The van der Waals surface area contributed by atoms with Crippen LogP contribution in [0.15, 0.2) is 17.0 Å². The van der Waals surface area contributed by atoms with E-state index in [-0.39, 0.29) is 31.8 Å². The van der Waals surface area contributed by atoms with Gasteiger partial charge < -0.3 is 5.11 Å². The van der Waals surface area contributed by atoms with Crippen LogP contribution in [0, 0.1) is 0 Å². The van der Waals surface area contributed by atoms with Gasteiger partial charge in [0.25, 0.3) is 0 Å². The van der Waals surface area contributed by atoms with Crippen LogP contribution in [-0.4, -0.2) is 37.7 Å². The van der Waals surface area contributed by atoms with Crippen LogP contribution in [0.5, 0.6) is 0 Å². The summed E-state index contributed by atoms with van der Waals surface area (Å²) in [5.74, 6) is 0. The molecule has 20 heavy (non-hydrogen) atoms. The van der Waals surface area contributed by atoms with Crippen molar-refractivity contribution >= 4 is 56.6 Å². The molecule has 0 spiro atoms. The van der Waals surface area contributed by atoms with E-state index >= 15 is 0 Å². The maximum Gasteiger partial charge on any atom is 0.243 e. The average molecular weight is 379 g/mol. The second kappa shape index (κ2) is 7.54. The summed E-state index contributed by atoms with van der Waals surface area (Å²) in [7, 11) is -3.90. The van der Waals surface area contributed by atoms with Gasteiger partial charge in [-0.2, -0.15) is 11.8 Å². The summed E-state index contributed by atoms with van der Waals surface area (Å²) in [6.45, 7) is 1.51. The van der Waals surface area contributed by atoms with E-state index in [1.807, 2.05) is 0 Å². The van der Waals surface area contributed by atoms with E-state index in [1.165, 1.54) is 23.9 Å². The van der Waals surface area contributed by atoms with E-state index in [0.29, 0.717) is 0 Å². The lowest BCUT2D eigenvalue weighted by Gasteiger charge is -2.21. The smallest absolute Gasteiger partial charge is 0.243 e. The Bertz CT molecular complexity index is 553. The Labute approximate surface area is 137 Å². The van der Waals surface area contributed by atoms with Gasteiger partial charge in [0.15, 0.2) is 0 Å². The van der Waals surface area contributed by atoms with E-state index in [0.717, 1.165) is 0 Å². The Kier molecular flexibility index (Phi) is 6.92. The van der Waals surface area contributed by atoms with Gasteiger partial charge in [-0.3, -0.25) is 0 Å². The third-order valence-electron chi connectivity index (χ3n) is 2.61. The second-order valence-corrected chi connectivity index (χ2v) is 8.04. The first kappa shape index (κ1) is 18.4. The Morgan fingerprint density at radius 1 is 1.30 bits per heavy atom. The number of aliphatic hydroxyl groups is 1. The number of rotatable bonds is 6. The minimum absolute atomic E-state index is 0.0492. The van der Waals surface area contributed by atoms with Gasteiger partial charge in [-0.05, 0) is 25.3 Å². The van der Waals surface area contributed by atoms with E-state index in [1.54, 1.807) is 13.2 Å².